The summed E-state index contributed by atoms with van der Waals surface area (Å²) in [5.74, 6) is 0.630. The first-order valence-electron chi connectivity index (χ1n) is 7.67. The average Bonchev–Trinajstić information content (AvgIpc) is 2.38. The summed E-state index contributed by atoms with van der Waals surface area (Å²) in [6.07, 6.45) is -0.994. The van der Waals surface area contributed by atoms with Gasteiger partial charge in [-0.3, -0.25) is 0 Å². The minimum Gasteiger partial charge on any atom is -0.302 e. The molecule has 0 spiro atoms. The first-order valence-corrected chi connectivity index (χ1v) is 8.46. The van der Waals surface area contributed by atoms with E-state index in [0.717, 1.165) is 13.5 Å². The predicted octanol–water partition coefficient (Wildman–Crippen LogP) is 5.77. The molecule has 0 amide bonds. The van der Waals surface area contributed by atoms with Gasteiger partial charge in [0.1, 0.15) is 0 Å². The number of aryl methyl sites for hydroxylation is 1. The van der Waals surface area contributed by atoms with Crippen LogP contribution in [0.25, 0.3) is 5.57 Å². The van der Waals surface area contributed by atoms with Gasteiger partial charge in [0.2, 0.25) is 6.43 Å². The zero-order chi connectivity index (χ0) is 16.9. The van der Waals surface area contributed by atoms with Crippen LogP contribution in [0.15, 0.2) is 28.2 Å². The summed E-state index contributed by atoms with van der Waals surface area (Å²) >= 11 is 3.55. The van der Waals surface area contributed by atoms with Crippen molar-refractivity contribution in [2.45, 2.75) is 40.5 Å². The molecule has 1 aromatic carbocycles. The third kappa shape index (κ3) is 5.81. The Labute approximate surface area is 141 Å². The van der Waals surface area contributed by atoms with Crippen LogP contribution in [0.2, 0.25) is 0 Å². The van der Waals surface area contributed by atoms with E-state index in [0.29, 0.717) is 5.92 Å². The molecule has 1 nitrogen and oxygen atoms in total. The highest BCUT2D eigenvalue weighted by atomic mass is 79.9. The number of halogens is 3. The van der Waals surface area contributed by atoms with Crippen LogP contribution in [-0.4, -0.2) is 31.5 Å². The second-order valence-corrected chi connectivity index (χ2v) is 7.04. The highest BCUT2D eigenvalue weighted by Crippen LogP contribution is 2.33. The van der Waals surface area contributed by atoms with Crippen LogP contribution in [-0.2, 0) is 0 Å². The lowest BCUT2D eigenvalue weighted by molar-refractivity contribution is 0.171. The fourth-order valence-corrected chi connectivity index (χ4v) is 3.21. The summed E-state index contributed by atoms with van der Waals surface area (Å²) in [4.78, 5) is 2.42. The van der Waals surface area contributed by atoms with Gasteiger partial charge in [-0.2, -0.15) is 0 Å². The number of likely N-dealkylation sites (N-methyl/N-ethyl adjacent to an activating group) is 1. The molecule has 22 heavy (non-hydrogen) atoms. The number of rotatable bonds is 2. The van der Waals surface area contributed by atoms with Crippen molar-refractivity contribution >= 4 is 21.5 Å². The topological polar surface area (TPSA) is 3.24 Å². The lowest BCUT2D eigenvalue weighted by atomic mass is 9.86. The van der Waals surface area contributed by atoms with Crippen molar-refractivity contribution in [3.63, 3.8) is 0 Å². The van der Waals surface area contributed by atoms with Crippen LogP contribution < -0.4 is 0 Å². The Kier molecular flexibility index (Phi) is 7.70. The Bertz CT molecular complexity index is 521. The highest BCUT2D eigenvalue weighted by Gasteiger charge is 2.20. The van der Waals surface area contributed by atoms with Crippen LogP contribution in [0.4, 0.5) is 8.78 Å². The van der Waals surface area contributed by atoms with Crippen molar-refractivity contribution in [3.8, 4) is 0 Å². The normalized spacial score (nSPS) is 16.1. The first kappa shape index (κ1) is 19.3. The van der Waals surface area contributed by atoms with Gasteiger partial charge < -0.3 is 4.90 Å². The van der Waals surface area contributed by atoms with Crippen molar-refractivity contribution in [2.75, 3.05) is 20.1 Å². The van der Waals surface area contributed by atoms with Crippen molar-refractivity contribution < 1.29 is 8.78 Å². The van der Waals surface area contributed by atoms with Crippen LogP contribution in [0.1, 0.15) is 38.3 Å². The van der Waals surface area contributed by atoms with Gasteiger partial charge in [0.25, 0.3) is 0 Å². The molecule has 1 aliphatic rings. The van der Waals surface area contributed by atoms with Gasteiger partial charge in [0, 0.05) is 17.6 Å². The van der Waals surface area contributed by atoms with E-state index in [9.17, 15) is 8.78 Å². The molecule has 4 heteroatoms. The molecule has 0 atom stereocenters. The standard InChI is InChI=1S/C16H22BrN.C2H4F2/c1-11(2)16-10-18(4)8-7-15(16)14-6-5-13(17)9-12(14)3;1-2(3)4/h5-6,9,11H,7-8,10H2,1-4H3;2H,1H3. The Balaban J connectivity index is 0.000000541. The van der Waals surface area contributed by atoms with Gasteiger partial charge in [0.15, 0.2) is 0 Å². The first-order chi connectivity index (χ1) is 10.2. The van der Waals surface area contributed by atoms with Crippen molar-refractivity contribution in [3.05, 3.63) is 39.4 Å². The Morgan fingerprint density at radius 2 is 1.77 bits per heavy atom. The fraction of sp³-hybridized carbons (Fsp3) is 0.556. The Morgan fingerprint density at radius 3 is 2.27 bits per heavy atom. The Hall–Kier alpha value is -0.740. The van der Waals surface area contributed by atoms with Crippen LogP contribution in [0, 0.1) is 12.8 Å². The zero-order valence-electron chi connectivity index (χ0n) is 14.1. The average molecular weight is 374 g/mol. The molecule has 0 aromatic heterocycles. The molecule has 0 fully saturated rings. The summed E-state index contributed by atoms with van der Waals surface area (Å²) in [7, 11) is 2.22. The van der Waals surface area contributed by atoms with Crippen LogP contribution in [0.3, 0.4) is 0 Å². The zero-order valence-corrected chi connectivity index (χ0v) is 15.7. The molecule has 2 rings (SSSR count). The number of alkyl halides is 2. The summed E-state index contributed by atoms with van der Waals surface area (Å²) < 4.78 is 21.8. The number of hydrogen-bond acceptors (Lipinski definition) is 1. The molecule has 1 aliphatic heterocycles. The Morgan fingerprint density at radius 1 is 1.18 bits per heavy atom. The fourth-order valence-electron chi connectivity index (χ4n) is 2.73. The lowest BCUT2D eigenvalue weighted by Gasteiger charge is -2.31. The molecule has 0 N–H and O–H groups in total. The second kappa shape index (κ2) is 8.78. The summed E-state index contributed by atoms with van der Waals surface area (Å²) in [6.45, 7) is 9.94. The number of benzene rings is 1. The van der Waals surface area contributed by atoms with Crippen LogP contribution >= 0.6 is 15.9 Å². The molecule has 0 bridgehead atoms. The van der Waals surface area contributed by atoms with Gasteiger partial charge in [-0.05, 0) is 67.6 Å². The maximum absolute atomic E-state index is 10.3. The van der Waals surface area contributed by atoms with E-state index in [2.05, 4.69) is 66.8 Å². The van der Waals surface area contributed by atoms with Crippen LogP contribution in [0.5, 0.6) is 0 Å². The van der Waals surface area contributed by atoms with Crippen molar-refractivity contribution in [2.24, 2.45) is 5.92 Å². The predicted molar refractivity (Wildman–Crippen MR) is 94.4 cm³/mol. The SMILES string of the molecule is CC(F)F.Cc1cc(Br)ccc1C1=C(C(C)C)CN(C)CC1. The monoisotopic (exact) mass is 373 g/mol. The summed E-state index contributed by atoms with van der Waals surface area (Å²) in [5, 5.41) is 0. The number of hydrogen-bond donors (Lipinski definition) is 0. The van der Waals surface area contributed by atoms with Gasteiger partial charge in [0.05, 0.1) is 0 Å². The molecule has 0 radical (unpaired) electrons. The molecule has 0 saturated heterocycles. The van der Waals surface area contributed by atoms with Gasteiger partial charge in [-0.15, -0.1) is 0 Å². The largest absolute Gasteiger partial charge is 0.302 e. The van der Waals surface area contributed by atoms with E-state index in [1.807, 2.05) is 0 Å². The summed E-state index contributed by atoms with van der Waals surface area (Å²) in [6, 6.07) is 6.65. The molecule has 1 aromatic rings. The van der Waals surface area contributed by atoms with Gasteiger partial charge in [-0.1, -0.05) is 35.8 Å². The smallest absolute Gasteiger partial charge is 0.235 e. The molecule has 0 unspecified atom stereocenters. The molecule has 1 heterocycles. The van der Waals surface area contributed by atoms with E-state index in [-0.39, 0.29) is 0 Å². The van der Waals surface area contributed by atoms with Gasteiger partial charge >= 0.3 is 0 Å². The highest BCUT2D eigenvalue weighted by molar-refractivity contribution is 9.10. The quantitative estimate of drug-likeness (QED) is 0.635. The van der Waals surface area contributed by atoms with E-state index in [4.69, 9.17) is 0 Å². The minimum absolute atomic E-state index is 0.630. The summed E-state index contributed by atoms with van der Waals surface area (Å²) in [5.41, 5.74) is 6.00. The van der Waals surface area contributed by atoms with E-state index in [1.165, 1.54) is 28.6 Å². The molecular formula is C18H26BrF2N. The van der Waals surface area contributed by atoms with Crippen molar-refractivity contribution in [1.82, 2.24) is 4.90 Å². The molecule has 124 valence electrons. The minimum atomic E-state index is -2.17. The van der Waals surface area contributed by atoms with E-state index < -0.39 is 6.43 Å². The van der Waals surface area contributed by atoms with Crippen molar-refractivity contribution in [1.29, 1.82) is 0 Å². The maximum Gasteiger partial charge on any atom is 0.235 e. The maximum atomic E-state index is 10.3. The van der Waals surface area contributed by atoms with E-state index >= 15 is 0 Å². The van der Waals surface area contributed by atoms with Gasteiger partial charge in [-0.25, -0.2) is 8.78 Å². The third-order valence-electron chi connectivity index (χ3n) is 3.78. The number of nitrogens with zero attached hydrogens (tertiary/aromatic N) is 1. The molecular weight excluding hydrogens is 348 g/mol. The molecule has 0 aliphatic carbocycles. The second-order valence-electron chi connectivity index (χ2n) is 6.12. The molecule has 0 saturated carbocycles. The lowest BCUT2D eigenvalue weighted by Crippen LogP contribution is -2.29. The van der Waals surface area contributed by atoms with E-state index in [1.54, 1.807) is 11.1 Å². The third-order valence-corrected chi connectivity index (χ3v) is 4.28.